The van der Waals surface area contributed by atoms with Gasteiger partial charge in [0, 0.05) is 11.1 Å². The first-order valence-corrected chi connectivity index (χ1v) is 11.9. The molecule has 4 heteroatoms. The molecular formula is C30H30O4. The third kappa shape index (κ3) is 5.82. The molecule has 0 radical (unpaired) electrons. The highest BCUT2D eigenvalue weighted by molar-refractivity contribution is 6.22. The zero-order valence-corrected chi connectivity index (χ0v) is 19.5. The van der Waals surface area contributed by atoms with E-state index in [2.05, 4.69) is 0 Å². The summed E-state index contributed by atoms with van der Waals surface area (Å²) in [7, 11) is 1.59. The molecule has 34 heavy (non-hydrogen) atoms. The van der Waals surface area contributed by atoms with Gasteiger partial charge in [-0.2, -0.15) is 0 Å². The van der Waals surface area contributed by atoms with Gasteiger partial charge in [-0.3, -0.25) is 4.79 Å². The topological polar surface area (TPSA) is 52.6 Å². The van der Waals surface area contributed by atoms with Crippen LogP contribution in [0.15, 0.2) is 78.9 Å². The maximum Gasteiger partial charge on any atom is 0.339 e. The molecule has 1 aliphatic rings. The van der Waals surface area contributed by atoms with Gasteiger partial charge in [0.1, 0.15) is 5.75 Å². The number of carbonyl (C=O) groups is 2. The van der Waals surface area contributed by atoms with E-state index in [0.717, 1.165) is 5.56 Å². The van der Waals surface area contributed by atoms with E-state index in [1.807, 2.05) is 78.9 Å². The summed E-state index contributed by atoms with van der Waals surface area (Å²) in [6.45, 7) is -0.308. The summed E-state index contributed by atoms with van der Waals surface area (Å²) >= 11 is 0. The van der Waals surface area contributed by atoms with Gasteiger partial charge in [0.05, 0.1) is 12.7 Å². The Morgan fingerprint density at radius 2 is 1.50 bits per heavy atom. The van der Waals surface area contributed by atoms with Gasteiger partial charge in [-0.1, -0.05) is 92.1 Å². The van der Waals surface area contributed by atoms with E-state index in [-0.39, 0.29) is 12.4 Å². The highest BCUT2D eigenvalue weighted by atomic mass is 16.5. The number of rotatable bonds is 8. The molecule has 0 aromatic heterocycles. The number of ether oxygens (including phenoxy) is 2. The van der Waals surface area contributed by atoms with Crippen molar-refractivity contribution in [2.75, 3.05) is 13.7 Å². The SMILES string of the molecule is COc1ccccc1C=C(C(=O)OCC(=O)c1ccc(C2CCCCC2)cc1)c1ccccc1. The number of hydrogen-bond acceptors (Lipinski definition) is 4. The Labute approximate surface area is 201 Å². The molecule has 4 nitrogen and oxygen atoms in total. The first-order valence-electron chi connectivity index (χ1n) is 11.9. The number of benzene rings is 3. The van der Waals surface area contributed by atoms with Crippen LogP contribution in [-0.4, -0.2) is 25.5 Å². The maximum atomic E-state index is 13.1. The highest BCUT2D eigenvalue weighted by Crippen LogP contribution is 2.32. The Kier molecular flexibility index (Phi) is 7.92. The number of ketones is 1. The predicted octanol–water partition coefficient (Wildman–Crippen LogP) is 6.71. The van der Waals surface area contributed by atoms with Gasteiger partial charge in [0.15, 0.2) is 12.4 Å². The van der Waals surface area contributed by atoms with E-state index < -0.39 is 5.97 Å². The van der Waals surface area contributed by atoms with Gasteiger partial charge in [-0.15, -0.1) is 0 Å². The second-order valence-electron chi connectivity index (χ2n) is 8.62. The van der Waals surface area contributed by atoms with Crippen molar-refractivity contribution < 1.29 is 19.1 Å². The lowest BCUT2D eigenvalue weighted by atomic mass is 9.84. The average molecular weight is 455 g/mol. The van der Waals surface area contributed by atoms with Crippen molar-refractivity contribution in [2.45, 2.75) is 38.0 Å². The number of esters is 1. The van der Waals surface area contributed by atoms with Crippen molar-refractivity contribution in [3.05, 3.63) is 101 Å². The fraction of sp³-hybridized carbons (Fsp3) is 0.267. The number of Topliss-reactive ketones (excluding diaryl/α,β-unsaturated/α-hetero) is 1. The molecule has 0 unspecified atom stereocenters. The monoisotopic (exact) mass is 454 g/mol. The Morgan fingerprint density at radius 1 is 0.824 bits per heavy atom. The first kappa shape index (κ1) is 23.5. The maximum absolute atomic E-state index is 13.1. The molecule has 4 rings (SSSR count). The highest BCUT2D eigenvalue weighted by Gasteiger charge is 2.19. The molecule has 0 spiro atoms. The van der Waals surface area contributed by atoms with E-state index >= 15 is 0 Å². The second-order valence-corrected chi connectivity index (χ2v) is 8.62. The lowest BCUT2D eigenvalue weighted by molar-refractivity contribution is -0.135. The Morgan fingerprint density at radius 3 is 2.21 bits per heavy atom. The molecule has 0 heterocycles. The van der Waals surface area contributed by atoms with Crippen LogP contribution in [0, 0.1) is 0 Å². The van der Waals surface area contributed by atoms with E-state index in [4.69, 9.17) is 9.47 Å². The molecule has 3 aromatic rings. The van der Waals surface area contributed by atoms with Gasteiger partial charge in [0.2, 0.25) is 0 Å². The average Bonchev–Trinajstić information content (AvgIpc) is 2.91. The van der Waals surface area contributed by atoms with Crippen molar-refractivity contribution in [1.82, 2.24) is 0 Å². The van der Waals surface area contributed by atoms with Crippen LogP contribution in [0.5, 0.6) is 5.75 Å². The zero-order chi connectivity index (χ0) is 23.8. The van der Waals surface area contributed by atoms with Crippen LogP contribution >= 0.6 is 0 Å². The largest absolute Gasteiger partial charge is 0.496 e. The number of para-hydroxylation sites is 1. The van der Waals surface area contributed by atoms with E-state index in [1.165, 1.54) is 37.7 Å². The second kappa shape index (κ2) is 11.5. The van der Waals surface area contributed by atoms with Crippen LogP contribution in [0.2, 0.25) is 0 Å². The van der Waals surface area contributed by atoms with Crippen LogP contribution in [-0.2, 0) is 9.53 Å². The summed E-state index contributed by atoms with van der Waals surface area (Å²) in [5.74, 6) is 0.472. The summed E-state index contributed by atoms with van der Waals surface area (Å²) in [5.41, 5.74) is 3.68. The van der Waals surface area contributed by atoms with Gasteiger partial charge in [-0.05, 0) is 42.0 Å². The normalized spacial score (nSPS) is 14.4. The first-order chi connectivity index (χ1) is 16.7. The van der Waals surface area contributed by atoms with Crippen molar-refractivity contribution in [3.63, 3.8) is 0 Å². The third-order valence-corrected chi connectivity index (χ3v) is 6.39. The molecule has 0 bridgehead atoms. The molecule has 1 aliphatic carbocycles. The van der Waals surface area contributed by atoms with Crippen molar-refractivity contribution in [2.24, 2.45) is 0 Å². The molecule has 174 valence electrons. The predicted molar refractivity (Wildman–Crippen MR) is 135 cm³/mol. The Hall–Kier alpha value is -3.66. The molecule has 3 aromatic carbocycles. The van der Waals surface area contributed by atoms with Crippen molar-refractivity contribution in [3.8, 4) is 5.75 Å². The summed E-state index contributed by atoms with van der Waals surface area (Å²) in [6, 6.07) is 24.5. The smallest absolute Gasteiger partial charge is 0.339 e. The van der Waals surface area contributed by atoms with Crippen molar-refractivity contribution >= 4 is 23.4 Å². The molecule has 0 saturated heterocycles. The van der Waals surface area contributed by atoms with Gasteiger partial charge >= 0.3 is 5.97 Å². The van der Waals surface area contributed by atoms with E-state index in [0.29, 0.717) is 28.4 Å². The number of carbonyl (C=O) groups excluding carboxylic acids is 2. The standard InChI is InChI=1S/C30H30O4/c1-33-29-15-9-8-14-26(29)20-27(24-12-6-3-7-13-24)30(32)34-21-28(31)25-18-16-23(17-19-25)22-10-4-2-5-11-22/h3,6-9,12-20,22H,2,4-5,10-11,21H2,1H3. The minimum atomic E-state index is -0.552. The Balaban J connectivity index is 1.47. The van der Waals surface area contributed by atoms with Crippen LogP contribution in [0.4, 0.5) is 0 Å². The molecule has 0 N–H and O–H groups in total. The fourth-order valence-corrected chi connectivity index (χ4v) is 4.49. The van der Waals surface area contributed by atoms with E-state index in [1.54, 1.807) is 13.2 Å². The Bertz CT molecular complexity index is 1140. The zero-order valence-electron chi connectivity index (χ0n) is 19.5. The third-order valence-electron chi connectivity index (χ3n) is 6.39. The van der Waals surface area contributed by atoms with Gasteiger partial charge in [-0.25, -0.2) is 4.79 Å². The summed E-state index contributed by atoms with van der Waals surface area (Å²) < 4.78 is 10.9. The van der Waals surface area contributed by atoms with Crippen molar-refractivity contribution in [1.29, 1.82) is 0 Å². The van der Waals surface area contributed by atoms with Crippen LogP contribution in [0.3, 0.4) is 0 Å². The summed E-state index contributed by atoms with van der Waals surface area (Å²) in [5, 5.41) is 0. The molecule has 0 atom stereocenters. The number of hydrogen-bond donors (Lipinski definition) is 0. The van der Waals surface area contributed by atoms with Crippen LogP contribution < -0.4 is 4.74 Å². The number of methoxy groups -OCH3 is 1. The summed E-state index contributed by atoms with van der Waals surface area (Å²) in [4.78, 5) is 25.8. The minimum Gasteiger partial charge on any atom is -0.496 e. The van der Waals surface area contributed by atoms with Gasteiger partial charge < -0.3 is 9.47 Å². The lowest BCUT2D eigenvalue weighted by Gasteiger charge is -2.22. The van der Waals surface area contributed by atoms with Crippen LogP contribution in [0.25, 0.3) is 11.6 Å². The van der Waals surface area contributed by atoms with Gasteiger partial charge in [0.25, 0.3) is 0 Å². The molecular weight excluding hydrogens is 424 g/mol. The molecule has 0 amide bonds. The lowest BCUT2D eigenvalue weighted by Crippen LogP contribution is -2.15. The molecule has 1 fully saturated rings. The molecule has 0 aliphatic heterocycles. The molecule has 1 saturated carbocycles. The fourth-order valence-electron chi connectivity index (χ4n) is 4.49. The minimum absolute atomic E-state index is 0.215. The summed E-state index contributed by atoms with van der Waals surface area (Å²) in [6.07, 6.45) is 8.02. The van der Waals surface area contributed by atoms with E-state index in [9.17, 15) is 9.59 Å². The quantitative estimate of drug-likeness (QED) is 0.164. The van der Waals surface area contributed by atoms with Crippen LogP contribution in [0.1, 0.15) is 65.1 Å².